The van der Waals surface area contributed by atoms with E-state index in [4.69, 9.17) is 14.2 Å². The molecule has 30 heavy (non-hydrogen) atoms. The topological polar surface area (TPSA) is 51.2 Å². The third-order valence-corrected chi connectivity index (χ3v) is 5.73. The highest BCUT2D eigenvalue weighted by Gasteiger charge is 2.28. The summed E-state index contributed by atoms with van der Waals surface area (Å²) in [6.45, 7) is 4.61. The van der Waals surface area contributed by atoms with Crippen molar-refractivity contribution in [1.29, 1.82) is 0 Å². The molecule has 2 aromatic rings. The lowest BCUT2D eigenvalue weighted by atomic mass is 10.0. The molecule has 0 atom stereocenters. The van der Waals surface area contributed by atoms with Crippen molar-refractivity contribution in [2.75, 3.05) is 39.3 Å². The number of amides is 1. The molecule has 1 heterocycles. The fourth-order valence-electron chi connectivity index (χ4n) is 4.03. The average molecular weight is 413 g/mol. The predicted octanol–water partition coefficient (Wildman–Crippen LogP) is 4.12. The molecule has 0 unspecified atom stereocenters. The maximum atomic E-state index is 12.7. The summed E-state index contributed by atoms with van der Waals surface area (Å²) in [6, 6.07) is 13.9. The van der Waals surface area contributed by atoms with Crippen LogP contribution in [0.5, 0.6) is 17.2 Å². The number of carbonyl (C=O) groups is 1. The minimum absolute atomic E-state index is 0.162. The number of methoxy groups -OCH3 is 3. The van der Waals surface area contributed by atoms with Crippen molar-refractivity contribution >= 4 is 11.6 Å². The Labute approximate surface area is 179 Å². The summed E-state index contributed by atoms with van der Waals surface area (Å²) in [4.78, 5) is 17.1. The van der Waals surface area contributed by atoms with E-state index < -0.39 is 0 Å². The number of rotatable bonds is 8. The van der Waals surface area contributed by atoms with E-state index in [9.17, 15) is 4.79 Å². The van der Waals surface area contributed by atoms with E-state index in [-0.39, 0.29) is 11.9 Å². The molecule has 0 bridgehead atoms. The molecule has 0 saturated carbocycles. The molecular weight excluding hydrogens is 380 g/mol. The van der Waals surface area contributed by atoms with Crippen LogP contribution in [-0.4, -0.2) is 51.3 Å². The Hall–Kier alpha value is -2.73. The molecule has 0 aliphatic carbocycles. The maximum Gasteiger partial charge on any atom is 0.226 e. The molecule has 1 aliphatic heterocycles. The van der Waals surface area contributed by atoms with Crippen LogP contribution in [-0.2, 0) is 11.3 Å². The molecule has 0 spiro atoms. The van der Waals surface area contributed by atoms with Crippen LogP contribution in [0, 0.1) is 0 Å². The number of benzene rings is 2. The molecule has 2 aromatic carbocycles. The van der Waals surface area contributed by atoms with Crippen LogP contribution in [0.3, 0.4) is 0 Å². The number of likely N-dealkylation sites (tertiary alicyclic amines) is 1. The van der Waals surface area contributed by atoms with E-state index in [0.717, 1.165) is 61.0 Å². The first-order valence-corrected chi connectivity index (χ1v) is 10.5. The average Bonchev–Trinajstić information content (AvgIpc) is 2.80. The molecule has 1 fully saturated rings. The highest BCUT2D eigenvalue weighted by atomic mass is 16.5. The number of ether oxygens (including phenoxy) is 3. The summed E-state index contributed by atoms with van der Waals surface area (Å²) in [7, 11) is 5.00. The van der Waals surface area contributed by atoms with Gasteiger partial charge in [0.25, 0.3) is 0 Å². The van der Waals surface area contributed by atoms with Gasteiger partial charge in [0.15, 0.2) is 0 Å². The lowest BCUT2D eigenvalue weighted by Crippen LogP contribution is -2.47. The molecule has 3 rings (SSSR count). The predicted molar refractivity (Wildman–Crippen MR) is 119 cm³/mol. The highest BCUT2D eigenvalue weighted by molar-refractivity contribution is 5.93. The SMILES string of the molecule is CCC(=O)N(c1ccc(OC)cc1)C1CCN(Cc2ccc(OC)cc2OC)CC1. The van der Waals surface area contributed by atoms with Gasteiger partial charge in [-0.1, -0.05) is 13.0 Å². The molecule has 1 aliphatic rings. The number of carbonyl (C=O) groups excluding carboxylic acids is 1. The second-order valence-corrected chi connectivity index (χ2v) is 7.50. The molecule has 0 aromatic heterocycles. The van der Waals surface area contributed by atoms with E-state index in [2.05, 4.69) is 11.0 Å². The second kappa shape index (κ2) is 10.3. The van der Waals surface area contributed by atoms with Crippen molar-refractivity contribution in [2.45, 2.75) is 38.8 Å². The fourth-order valence-corrected chi connectivity index (χ4v) is 4.03. The maximum absolute atomic E-state index is 12.7. The van der Waals surface area contributed by atoms with Gasteiger partial charge < -0.3 is 19.1 Å². The van der Waals surface area contributed by atoms with Crippen molar-refractivity contribution in [3.63, 3.8) is 0 Å². The van der Waals surface area contributed by atoms with Gasteiger partial charge >= 0.3 is 0 Å². The Bertz CT molecular complexity index is 830. The summed E-state index contributed by atoms with van der Waals surface area (Å²) in [6.07, 6.45) is 2.38. The highest BCUT2D eigenvalue weighted by Crippen LogP contribution is 2.29. The molecule has 1 amide bonds. The standard InChI is InChI=1S/C24H32N2O4/c1-5-24(27)26(19-7-10-21(28-2)11-8-19)20-12-14-25(15-13-20)17-18-6-9-22(29-3)16-23(18)30-4/h6-11,16,20H,5,12-15,17H2,1-4H3. The molecular formula is C24H32N2O4. The van der Waals surface area contributed by atoms with Gasteiger partial charge in [0, 0.05) is 49.4 Å². The van der Waals surface area contributed by atoms with Crippen molar-refractivity contribution in [3.05, 3.63) is 48.0 Å². The molecule has 0 radical (unpaired) electrons. The number of piperidine rings is 1. The first-order chi connectivity index (χ1) is 14.6. The largest absolute Gasteiger partial charge is 0.497 e. The van der Waals surface area contributed by atoms with Gasteiger partial charge in [-0.25, -0.2) is 0 Å². The van der Waals surface area contributed by atoms with Crippen LogP contribution >= 0.6 is 0 Å². The Kier molecular flexibility index (Phi) is 7.57. The van der Waals surface area contributed by atoms with E-state index in [0.29, 0.717) is 6.42 Å². The van der Waals surface area contributed by atoms with E-state index in [1.807, 2.05) is 48.2 Å². The minimum Gasteiger partial charge on any atom is -0.497 e. The van der Waals surface area contributed by atoms with Gasteiger partial charge in [-0.2, -0.15) is 0 Å². The Morgan fingerprint density at radius 1 is 0.967 bits per heavy atom. The van der Waals surface area contributed by atoms with Crippen LogP contribution in [0.4, 0.5) is 5.69 Å². The fraction of sp³-hybridized carbons (Fsp3) is 0.458. The van der Waals surface area contributed by atoms with E-state index in [1.165, 1.54) is 0 Å². The quantitative estimate of drug-likeness (QED) is 0.653. The smallest absolute Gasteiger partial charge is 0.226 e. The van der Waals surface area contributed by atoms with Crippen molar-refractivity contribution in [1.82, 2.24) is 4.90 Å². The minimum atomic E-state index is 0.162. The number of nitrogens with zero attached hydrogens (tertiary/aromatic N) is 2. The van der Waals surface area contributed by atoms with Gasteiger partial charge in [0.05, 0.1) is 21.3 Å². The summed E-state index contributed by atoms with van der Waals surface area (Å²) >= 11 is 0. The van der Waals surface area contributed by atoms with Crippen LogP contribution < -0.4 is 19.1 Å². The monoisotopic (exact) mass is 412 g/mol. The molecule has 1 saturated heterocycles. The molecule has 162 valence electrons. The van der Waals surface area contributed by atoms with Crippen molar-refractivity contribution in [3.8, 4) is 17.2 Å². The zero-order valence-electron chi connectivity index (χ0n) is 18.4. The molecule has 0 N–H and O–H groups in total. The van der Waals surface area contributed by atoms with Crippen LogP contribution in [0.1, 0.15) is 31.7 Å². The lowest BCUT2D eigenvalue weighted by Gasteiger charge is -2.38. The Morgan fingerprint density at radius 3 is 2.17 bits per heavy atom. The van der Waals surface area contributed by atoms with Crippen LogP contribution in [0.2, 0.25) is 0 Å². The van der Waals surface area contributed by atoms with Gasteiger partial charge in [0.1, 0.15) is 17.2 Å². The zero-order chi connectivity index (χ0) is 21.5. The summed E-state index contributed by atoms with van der Waals surface area (Å²) < 4.78 is 16.1. The summed E-state index contributed by atoms with van der Waals surface area (Å²) in [5, 5.41) is 0. The third kappa shape index (κ3) is 5.05. The Balaban J connectivity index is 1.67. The number of anilines is 1. The first-order valence-electron chi connectivity index (χ1n) is 10.5. The molecule has 6 heteroatoms. The normalized spacial score (nSPS) is 14.9. The number of hydrogen-bond acceptors (Lipinski definition) is 5. The van der Waals surface area contributed by atoms with E-state index in [1.54, 1.807) is 21.3 Å². The lowest BCUT2D eigenvalue weighted by molar-refractivity contribution is -0.119. The zero-order valence-corrected chi connectivity index (χ0v) is 18.4. The number of hydrogen-bond donors (Lipinski definition) is 0. The van der Waals surface area contributed by atoms with Gasteiger partial charge in [-0.15, -0.1) is 0 Å². The molecule has 6 nitrogen and oxygen atoms in total. The van der Waals surface area contributed by atoms with Crippen LogP contribution in [0.15, 0.2) is 42.5 Å². The summed E-state index contributed by atoms with van der Waals surface area (Å²) in [5.74, 6) is 2.60. The van der Waals surface area contributed by atoms with Gasteiger partial charge in [-0.05, 0) is 43.2 Å². The summed E-state index contributed by atoms with van der Waals surface area (Å²) in [5.41, 5.74) is 2.09. The van der Waals surface area contributed by atoms with Crippen LogP contribution in [0.25, 0.3) is 0 Å². The van der Waals surface area contributed by atoms with Crippen molar-refractivity contribution in [2.24, 2.45) is 0 Å². The van der Waals surface area contributed by atoms with E-state index >= 15 is 0 Å². The van der Waals surface area contributed by atoms with Crippen molar-refractivity contribution < 1.29 is 19.0 Å². The second-order valence-electron chi connectivity index (χ2n) is 7.50. The van der Waals surface area contributed by atoms with Gasteiger partial charge in [-0.3, -0.25) is 9.69 Å². The van der Waals surface area contributed by atoms with Gasteiger partial charge in [0.2, 0.25) is 5.91 Å². The Morgan fingerprint density at radius 2 is 1.60 bits per heavy atom. The first kappa shape index (κ1) is 22.0. The third-order valence-electron chi connectivity index (χ3n) is 5.73.